The second kappa shape index (κ2) is 3.47. The van der Waals surface area contributed by atoms with Gasteiger partial charge in [-0.15, -0.1) is 0 Å². The van der Waals surface area contributed by atoms with Crippen molar-refractivity contribution in [3.05, 3.63) is 34.7 Å². The average Bonchev–Trinajstić information content (AvgIpc) is 2.39. The van der Waals surface area contributed by atoms with Gasteiger partial charge in [0.1, 0.15) is 0 Å². The predicted molar refractivity (Wildman–Crippen MR) is 59.9 cm³/mol. The van der Waals surface area contributed by atoms with E-state index in [1.165, 1.54) is 0 Å². The summed E-state index contributed by atoms with van der Waals surface area (Å²) in [7, 11) is -3.26. The van der Waals surface area contributed by atoms with Gasteiger partial charge in [-0.3, -0.25) is 0 Å². The molecule has 0 radical (unpaired) electrons. The Morgan fingerprint density at radius 2 is 2.00 bits per heavy atom. The van der Waals surface area contributed by atoms with Gasteiger partial charge in [-0.1, -0.05) is 18.2 Å². The van der Waals surface area contributed by atoms with Crippen LogP contribution in [0.5, 0.6) is 0 Å². The highest BCUT2D eigenvalue weighted by Gasteiger charge is 2.29. The molecular weight excluding hydrogens is 210 g/mol. The lowest BCUT2D eigenvalue weighted by Gasteiger charge is -2.06. The number of hydrogen-bond acceptors (Lipinski definition) is 3. The molecule has 0 saturated carbocycles. The quantitative estimate of drug-likeness (QED) is 0.827. The molecular formula is C11H13NO2S. The van der Waals surface area contributed by atoms with E-state index in [1.807, 2.05) is 6.07 Å². The van der Waals surface area contributed by atoms with E-state index < -0.39 is 9.84 Å². The molecule has 0 fully saturated rings. The van der Waals surface area contributed by atoms with Crippen molar-refractivity contribution in [1.29, 1.82) is 0 Å². The van der Waals surface area contributed by atoms with Crippen molar-refractivity contribution in [2.75, 3.05) is 0 Å². The molecule has 2 rings (SSSR count). The Hall–Kier alpha value is -1.13. The highest BCUT2D eigenvalue weighted by Crippen LogP contribution is 2.34. The first-order valence-electron chi connectivity index (χ1n) is 4.82. The number of hydrogen-bond donors (Lipinski definition) is 1. The molecule has 0 spiro atoms. The maximum atomic E-state index is 12.0. The van der Waals surface area contributed by atoms with Crippen molar-refractivity contribution in [2.24, 2.45) is 5.73 Å². The van der Waals surface area contributed by atoms with Crippen LogP contribution >= 0.6 is 0 Å². The molecule has 15 heavy (non-hydrogen) atoms. The third-order valence-corrected chi connectivity index (χ3v) is 4.32. The van der Waals surface area contributed by atoms with Gasteiger partial charge in [-0.25, -0.2) is 8.42 Å². The standard InChI is InChI=1S/C11H13NO2S/c1-8(12)6-10-7-9-4-2-3-5-11(9)15(10,13)14/h2-5,7-8H,6,12H2,1H3. The molecule has 1 aromatic rings. The zero-order chi connectivity index (χ0) is 11.1. The molecule has 0 saturated heterocycles. The van der Waals surface area contributed by atoms with E-state index >= 15 is 0 Å². The van der Waals surface area contributed by atoms with Crippen LogP contribution in [0.4, 0.5) is 0 Å². The topological polar surface area (TPSA) is 60.2 Å². The second-order valence-electron chi connectivity index (χ2n) is 3.83. The maximum absolute atomic E-state index is 12.0. The fraction of sp³-hybridized carbons (Fsp3) is 0.273. The monoisotopic (exact) mass is 223 g/mol. The zero-order valence-corrected chi connectivity index (χ0v) is 9.29. The number of nitrogens with two attached hydrogens (primary N) is 1. The van der Waals surface area contributed by atoms with Crippen LogP contribution in [-0.4, -0.2) is 14.5 Å². The number of rotatable bonds is 2. The Bertz CT molecular complexity index is 515. The molecule has 0 aliphatic carbocycles. The van der Waals surface area contributed by atoms with Gasteiger partial charge in [-0.2, -0.15) is 0 Å². The fourth-order valence-corrected chi connectivity index (χ4v) is 3.46. The summed E-state index contributed by atoms with van der Waals surface area (Å²) in [6.45, 7) is 1.80. The minimum atomic E-state index is -3.26. The summed E-state index contributed by atoms with van der Waals surface area (Å²) < 4.78 is 24.0. The lowest BCUT2D eigenvalue weighted by molar-refractivity contribution is 0.599. The molecule has 1 atom stereocenters. The summed E-state index contributed by atoms with van der Waals surface area (Å²) in [5.74, 6) is 0. The molecule has 4 heteroatoms. The van der Waals surface area contributed by atoms with Gasteiger partial charge >= 0.3 is 0 Å². The molecule has 1 aromatic carbocycles. The first-order valence-corrected chi connectivity index (χ1v) is 6.30. The van der Waals surface area contributed by atoms with Gasteiger partial charge in [0.05, 0.1) is 9.80 Å². The summed E-state index contributed by atoms with van der Waals surface area (Å²) in [5, 5.41) is 0. The molecule has 0 bridgehead atoms. The van der Waals surface area contributed by atoms with E-state index in [1.54, 1.807) is 31.2 Å². The van der Waals surface area contributed by atoms with Crippen molar-refractivity contribution in [3.8, 4) is 0 Å². The van der Waals surface area contributed by atoms with Gasteiger partial charge in [-0.05, 0) is 31.1 Å². The fourth-order valence-electron chi connectivity index (χ4n) is 1.72. The lowest BCUT2D eigenvalue weighted by atomic mass is 10.2. The van der Waals surface area contributed by atoms with Crippen LogP contribution in [-0.2, 0) is 9.84 Å². The van der Waals surface area contributed by atoms with Crippen LogP contribution in [0.2, 0.25) is 0 Å². The number of benzene rings is 1. The van der Waals surface area contributed by atoms with Crippen molar-refractivity contribution in [1.82, 2.24) is 0 Å². The third-order valence-electron chi connectivity index (χ3n) is 2.39. The molecule has 2 N–H and O–H groups in total. The summed E-state index contributed by atoms with van der Waals surface area (Å²) in [4.78, 5) is 0.833. The van der Waals surface area contributed by atoms with Gasteiger partial charge in [0.15, 0.2) is 0 Å². The highest BCUT2D eigenvalue weighted by molar-refractivity contribution is 7.95. The SMILES string of the molecule is CC(N)CC1=Cc2ccccc2S1(=O)=O. The summed E-state index contributed by atoms with van der Waals surface area (Å²) in [6, 6.07) is 6.87. The minimum absolute atomic E-state index is 0.139. The first-order chi connectivity index (χ1) is 7.01. The van der Waals surface area contributed by atoms with Crippen molar-refractivity contribution in [2.45, 2.75) is 24.3 Å². The van der Waals surface area contributed by atoms with Crippen molar-refractivity contribution < 1.29 is 8.42 Å². The van der Waals surface area contributed by atoms with E-state index in [0.29, 0.717) is 16.2 Å². The largest absolute Gasteiger partial charge is 0.328 e. The summed E-state index contributed by atoms with van der Waals surface area (Å²) >= 11 is 0. The van der Waals surface area contributed by atoms with Crippen molar-refractivity contribution in [3.63, 3.8) is 0 Å². The smallest absolute Gasteiger partial charge is 0.203 e. The number of fused-ring (bicyclic) bond motifs is 1. The normalized spacial score (nSPS) is 19.5. The summed E-state index contributed by atoms with van der Waals surface area (Å²) in [6.07, 6.45) is 2.12. The van der Waals surface area contributed by atoms with Crippen LogP contribution in [0.25, 0.3) is 6.08 Å². The van der Waals surface area contributed by atoms with Crippen LogP contribution in [0, 0.1) is 0 Å². The third kappa shape index (κ3) is 1.70. The maximum Gasteiger partial charge on any atom is 0.203 e. The Balaban J connectivity index is 2.50. The Morgan fingerprint density at radius 3 is 2.60 bits per heavy atom. The van der Waals surface area contributed by atoms with Gasteiger partial charge < -0.3 is 5.73 Å². The zero-order valence-electron chi connectivity index (χ0n) is 8.47. The van der Waals surface area contributed by atoms with E-state index in [-0.39, 0.29) is 6.04 Å². The van der Waals surface area contributed by atoms with E-state index in [4.69, 9.17) is 5.73 Å². The second-order valence-corrected chi connectivity index (χ2v) is 5.80. The Kier molecular flexibility index (Phi) is 2.40. The highest BCUT2D eigenvalue weighted by atomic mass is 32.2. The molecule has 1 unspecified atom stereocenters. The van der Waals surface area contributed by atoms with Crippen LogP contribution in [0.15, 0.2) is 34.1 Å². The predicted octanol–water partition coefficient (Wildman–Crippen LogP) is 1.55. The first kappa shape index (κ1) is 10.4. The molecule has 1 heterocycles. The Morgan fingerprint density at radius 1 is 1.33 bits per heavy atom. The molecule has 80 valence electrons. The van der Waals surface area contributed by atoms with E-state index in [9.17, 15) is 8.42 Å². The molecule has 1 aliphatic rings. The van der Waals surface area contributed by atoms with Crippen LogP contribution in [0.1, 0.15) is 18.9 Å². The summed E-state index contributed by atoms with van der Waals surface area (Å²) in [5.41, 5.74) is 6.39. The van der Waals surface area contributed by atoms with E-state index in [0.717, 1.165) is 5.56 Å². The average molecular weight is 223 g/mol. The van der Waals surface area contributed by atoms with Gasteiger partial charge in [0.2, 0.25) is 9.84 Å². The van der Waals surface area contributed by atoms with Gasteiger partial charge in [0, 0.05) is 6.04 Å². The van der Waals surface area contributed by atoms with Crippen LogP contribution < -0.4 is 5.73 Å². The Labute approximate surface area is 89.5 Å². The molecule has 0 aromatic heterocycles. The van der Waals surface area contributed by atoms with Crippen LogP contribution in [0.3, 0.4) is 0 Å². The molecule has 1 aliphatic heterocycles. The molecule has 0 amide bonds. The lowest BCUT2D eigenvalue weighted by Crippen LogP contribution is -2.17. The van der Waals surface area contributed by atoms with E-state index in [2.05, 4.69) is 0 Å². The molecule has 3 nitrogen and oxygen atoms in total. The minimum Gasteiger partial charge on any atom is -0.328 e. The van der Waals surface area contributed by atoms with Crippen molar-refractivity contribution >= 4 is 15.9 Å². The number of sulfone groups is 1. The van der Waals surface area contributed by atoms with Gasteiger partial charge in [0.25, 0.3) is 0 Å².